The minimum absolute atomic E-state index is 0.451. The van der Waals surface area contributed by atoms with Gasteiger partial charge in [0, 0.05) is 25.1 Å². The van der Waals surface area contributed by atoms with E-state index in [1.807, 2.05) is 0 Å². The number of nitrogens with two attached hydrogens (primary N) is 2. The van der Waals surface area contributed by atoms with E-state index in [-0.39, 0.29) is 0 Å². The molecule has 0 aliphatic carbocycles. The summed E-state index contributed by atoms with van der Waals surface area (Å²) in [6, 6.07) is 3.46. The quantitative estimate of drug-likeness (QED) is 0.565. The summed E-state index contributed by atoms with van der Waals surface area (Å²) in [5.74, 6) is 5.68. The first-order valence-corrected chi connectivity index (χ1v) is 4.95. The molecule has 0 aromatic heterocycles. The van der Waals surface area contributed by atoms with Gasteiger partial charge in [0.2, 0.25) is 0 Å². The van der Waals surface area contributed by atoms with Gasteiger partial charge in [-0.05, 0) is 12.1 Å². The first-order chi connectivity index (χ1) is 7.10. The Hall–Kier alpha value is -1.10. The molecule has 0 aliphatic rings. The summed E-state index contributed by atoms with van der Waals surface area (Å²) in [7, 11) is 1.78. The lowest BCUT2D eigenvalue weighted by Crippen LogP contribution is -2.25. The SMILES string of the molecule is CNc1cc(Cl)c(N(N)/C=C\N)c(Cl)c1. The molecule has 0 saturated carbocycles. The second-order valence-electron chi connectivity index (χ2n) is 2.79. The molecule has 0 atom stereocenters. The number of benzene rings is 1. The molecule has 1 aromatic carbocycles. The van der Waals surface area contributed by atoms with Crippen molar-refractivity contribution < 1.29 is 0 Å². The molecular weight excluding hydrogens is 235 g/mol. The van der Waals surface area contributed by atoms with Crippen LogP contribution in [0.4, 0.5) is 11.4 Å². The van der Waals surface area contributed by atoms with E-state index in [9.17, 15) is 0 Å². The average Bonchev–Trinajstić information content (AvgIpc) is 2.16. The summed E-state index contributed by atoms with van der Waals surface area (Å²) in [6.07, 6.45) is 2.77. The van der Waals surface area contributed by atoms with Crippen molar-refractivity contribution in [2.24, 2.45) is 11.6 Å². The summed E-state index contributed by atoms with van der Waals surface area (Å²) in [4.78, 5) is 0. The van der Waals surface area contributed by atoms with E-state index in [1.165, 1.54) is 17.4 Å². The smallest absolute Gasteiger partial charge is 0.0942 e. The first kappa shape index (κ1) is 12.0. The average molecular weight is 247 g/mol. The fourth-order valence-corrected chi connectivity index (χ4v) is 1.81. The van der Waals surface area contributed by atoms with E-state index in [0.29, 0.717) is 15.7 Å². The Morgan fingerprint density at radius 1 is 1.33 bits per heavy atom. The zero-order valence-electron chi connectivity index (χ0n) is 8.17. The van der Waals surface area contributed by atoms with Crippen LogP contribution in [0, 0.1) is 0 Å². The maximum Gasteiger partial charge on any atom is 0.0942 e. The van der Waals surface area contributed by atoms with Crippen LogP contribution in [0.15, 0.2) is 24.5 Å². The fourth-order valence-electron chi connectivity index (χ4n) is 1.12. The molecule has 1 aromatic rings. The van der Waals surface area contributed by atoms with Crippen molar-refractivity contribution in [3.63, 3.8) is 0 Å². The number of nitrogens with one attached hydrogen (secondary N) is 1. The molecule has 0 heterocycles. The second kappa shape index (κ2) is 5.11. The number of anilines is 2. The number of halogens is 2. The van der Waals surface area contributed by atoms with Crippen LogP contribution in [-0.4, -0.2) is 7.05 Å². The third-order valence-corrected chi connectivity index (χ3v) is 2.39. The Kier molecular flexibility index (Phi) is 4.08. The van der Waals surface area contributed by atoms with Gasteiger partial charge >= 0.3 is 0 Å². The van der Waals surface area contributed by atoms with Gasteiger partial charge in [-0.15, -0.1) is 0 Å². The predicted octanol–water partition coefficient (Wildman–Crippen LogP) is 2.15. The van der Waals surface area contributed by atoms with Crippen molar-refractivity contribution in [3.05, 3.63) is 34.6 Å². The zero-order chi connectivity index (χ0) is 11.4. The highest BCUT2D eigenvalue weighted by Gasteiger charge is 2.11. The summed E-state index contributed by atoms with van der Waals surface area (Å²) >= 11 is 12.0. The number of rotatable bonds is 3. The molecule has 1 rings (SSSR count). The van der Waals surface area contributed by atoms with E-state index in [0.717, 1.165) is 5.69 Å². The third-order valence-electron chi connectivity index (χ3n) is 1.81. The molecule has 6 heteroatoms. The van der Waals surface area contributed by atoms with Crippen LogP contribution in [0.3, 0.4) is 0 Å². The van der Waals surface area contributed by atoms with Crippen LogP contribution in [0.5, 0.6) is 0 Å². The van der Waals surface area contributed by atoms with Crippen LogP contribution < -0.4 is 21.9 Å². The molecule has 0 unspecified atom stereocenters. The molecule has 0 aliphatic heterocycles. The van der Waals surface area contributed by atoms with Gasteiger partial charge in [-0.1, -0.05) is 23.2 Å². The molecule has 0 fully saturated rings. The normalized spacial score (nSPS) is 10.7. The summed E-state index contributed by atoms with van der Waals surface area (Å²) in [5.41, 5.74) is 6.55. The van der Waals surface area contributed by atoms with E-state index in [4.69, 9.17) is 34.8 Å². The maximum atomic E-state index is 6.02. The van der Waals surface area contributed by atoms with Crippen LogP contribution in [-0.2, 0) is 0 Å². The Balaban J connectivity index is 3.18. The predicted molar refractivity (Wildman–Crippen MR) is 66.0 cm³/mol. The van der Waals surface area contributed by atoms with Crippen LogP contribution in [0.25, 0.3) is 0 Å². The molecule has 0 bridgehead atoms. The van der Waals surface area contributed by atoms with Gasteiger partial charge in [-0.25, -0.2) is 5.84 Å². The Morgan fingerprint density at radius 2 is 1.87 bits per heavy atom. The lowest BCUT2D eigenvalue weighted by molar-refractivity contribution is 1.07. The van der Waals surface area contributed by atoms with Crippen molar-refractivity contribution in [1.82, 2.24) is 0 Å². The van der Waals surface area contributed by atoms with Crippen LogP contribution >= 0.6 is 23.2 Å². The molecule has 0 spiro atoms. The molecule has 0 amide bonds. The van der Waals surface area contributed by atoms with Crippen LogP contribution in [0.1, 0.15) is 0 Å². The van der Waals surface area contributed by atoms with Gasteiger partial charge in [0.25, 0.3) is 0 Å². The van der Waals surface area contributed by atoms with Gasteiger partial charge in [-0.2, -0.15) is 0 Å². The molecule has 82 valence electrons. The highest BCUT2D eigenvalue weighted by molar-refractivity contribution is 6.39. The number of hydrazine groups is 1. The lowest BCUT2D eigenvalue weighted by atomic mass is 10.2. The van der Waals surface area contributed by atoms with Gasteiger partial charge in [-0.3, -0.25) is 5.01 Å². The maximum absolute atomic E-state index is 6.02. The number of hydrogen-bond donors (Lipinski definition) is 3. The summed E-state index contributed by atoms with van der Waals surface area (Å²) in [6.45, 7) is 0. The molecule has 4 nitrogen and oxygen atoms in total. The Morgan fingerprint density at radius 3 is 2.27 bits per heavy atom. The van der Waals surface area contributed by atoms with Gasteiger partial charge in [0.15, 0.2) is 0 Å². The van der Waals surface area contributed by atoms with Gasteiger partial charge in [0.1, 0.15) is 0 Å². The third kappa shape index (κ3) is 2.68. The molecule has 0 saturated heterocycles. The van der Waals surface area contributed by atoms with Crippen molar-refractivity contribution in [2.75, 3.05) is 17.4 Å². The van der Waals surface area contributed by atoms with Crippen molar-refractivity contribution in [3.8, 4) is 0 Å². The van der Waals surface area contributed by atoms with Crippen LogP contribution in [0.2, 0.25) is 10.0 Å². The van der Waals surface area contributed by atoms with Gasteiger partial charge in [0.05, 0.1) is 15.7 Å². The zero-order valence-corrected chi connectivity index (χ0v) is 9.68. The van der Waals surface area contributed by atoms with Gasteiger partial charge < -0.3 is 11.1 Å². The first-order valence-electron chi connectivity index (χ1n) is 4.19. The Bertz CT molecular complexity index is 355. The van der Waals surface area contributed by atoms with Crippen molar-refractivity contribution in [1.29, 1.82) is 0 Å². The standard InChI is InChI=1S/C9H12Cl2N4/c1-14-6-4-7(10)9(8(11)5-6)15(13)3-2-12/h2-5,14H,12-13H2,1H3/b3-2-. The van der Waals surface area contributed by atoms with E-state index in [2.05, 4.69) is 5.32 Å². The Labute approximate surface area is 98.4 Å². The van der Waals surface area contributed by atoms with Crippen molar-refractivity contribution in [2.45, 2.75) is 0 Å². The second-order valence-corrected chi connectivity index (χ2v) is 3.60. The molecular formula is C9H12Cl2N4. The molecule has 5 N–H and O–H groups in total. The van der Waals surface area contributed by atoms with Crippen molar-refractivity contribution >= 4 is 34.6 Å². The highest BCUT2D eigenvalue weighted by atomic mass is 35.5. The summed E-state index contributed by atoms with van der Waals surface area (Å²) in [5, 5.41) is 5.11. The molecule has 15 heavy (non-hydrogen) atoms. The topological polar surface area (TPSA) is 67.3 Å². The molecule has 0 radical (unpaired) electrons. The number of hydrogen-bond acceptors (Lipinski definition) is 4. The van der Waals surface area contributed by atoms with E-state index >= 15 is 0 Å². The number of nitrogens with zero attached hydrogens (tertiary/aromatic N) is 1. The monoisotopic (exact) mass is 246 g/mol. The fraction of sp³-hybridized carbons (Fsp3) is 0.111. The van der Waals surface area contributed by atoms with E-state index < -0.39 is 0 Å². The highest BCUT2D eigenvalue weighted by Crippen LogP contribution is 2.35. The lowest BCUT2D eigenvalue weighted by Gasteiger charge is -2.17. The minimum Gasteiger partial charge on any atom is -0.403 e. The summed E-state index contributed by atoms with van der Waals surface area (Å²) < 4.78 is 0. The van der Waals surface area contributed by atoms with E-state index in [1.54, 1.807) is 19.2 Å². The minimum atomic E-state index is 0.451. The largest absolute Gasteiger partial charge is 0.403 e.